The molecule has 0 saturated carbocycles. The largest absolute Gasteiger partial charge is 0.479 e. The third-order valence-corrected chi connectivity index (χ3v) is 2.28. The first-order chi connectivity index (χ1) is 9.61. The van der Waals surface area contributed by atoms with E-state index in [9.17, 15) is 27.2 Å². The van der Waals surface area contributed by atoms with Crippen LogP contribution in [0.1, 0.15) is 5.56 Å². The molecule has 1 rings (SSSR count). The third-order valence-electron chi connectivity index (χ3n) is 2.28. The second-order valence-electron chi connectivity index (χ2n) is 3.88. The van der Waals surface area contributed by atoms with Gasteiger partial charge in [0.1, 0.15) is 5.82 Å². The summed E-state index contributed by atoms with van der Waals surface area (Å²) in [6, 6.07) is 0.271. The number of anilines is 1. The number of hydrogen-bond acceptors (Lipinski definition) is 3. The molecule has 6 nitrogen and oxygen atoms in total. The number of aliphatic hydroxyl groups is 1. The molecule has 1 aromatic rings. The lowest BCUT2D eigenvalue weighted by Crippen LogP contribution is -2.38. The van der Waals surface area contributed by atoms with Crippen LogP contribution >= 0.6 is 0 Å². The Hall–Kier alpha value is -2.36. The van der Waals surface area contributed by atoms with Crippen LogP contribution < -0.4 is 10.6 Å². The molecule has 0 bridgehead atoms. The van der Waals surface area contributed by atoms with Gasteiger partial charge in [-0.05, 0) is 18.2 Å². The Labute approximate surface area is 115 Å². The summed E-state index contributed by atoms with van der Waals surface area (Å²) in [6.45, 7) is -0.693. The lowest BCUT2D eigenvalue weighted by Gasteiger charge is -2.12. The number of nitrogens with one attached hydrogen (secondary N) is 2. The highest BCUT2D eigenvalue weighted by atomic mass is 19.4. The average molecular weight is 310 g/mol. The van der Waals surface area contributed by atoms with Crippen molar-refractivity contribution in [3.8, 4) is 0 Å². The van der Waals surface area contributed by atoms with Crippen LogP contribution in [0.2, 0.25) is 0 Å². The van der Waals surface area contributed by atoms with Crippen LogP contribution in [0, 0.1) is 5.82 Å². The lowest BCUT2D eigenvalue weighted by atomic mass is 10.2. The van der Waals surface area contributed by atoms with E-state index in [-0.39, 0.29) is 0 Å². The van der Waals surface area contributed by atoms with E-state index in [2.05, 4.69) is 0 Å². The van der Waals surface area contributed by atoms with Crippen LogP contribution in [0.25, 0.3) is 0 Å². The molecular weight excluding hydrogens is 300 g/mol. The lowest BCUT2D eigenvalue weighted by molar-refractivity contribution is -0.146. The molecule has 1 aromatic carbocycles. The number of aliphatic carboxylic acids is 1. The number of urea groups is 1. The highest BCUT2D eigenvalue weighted by molar-refractivity contribution is 5.89. The Kier molecular flexibility index (Phi) is 5.08. The molecule has 0 fully saturated rings. The van der Waals surface area contributed by atoms with E-state index in [1.807, 2.05) is 5.32 Å². The van der Waals surface area contributed by atoms with Crippen molar-refractivity contribution in [1.82, 2.24) is 5.32 Å². The Bertz CT molecular complexity index is 548. The van der Waals surface area contributed by atoms with Crippen molar-refractivity contribution < 1.29 is 37.4 Å². The summed E-state index contributed by atoms with van der Waals surface area (Å²) >= 11 is 0. The van der Waals surface area contributed by atoms with E-state index in [1.165, 1.54) is 0 Å². The first-order valence-electron chi connectivity index (χ1n) is 5.43. The van der Waals surface area contributed by atoms with Crippen molar-refractivity contribution in [3.05, 3.63) is 29.6 Å². The zero-order valence-corrected chi connectivity index (χ0v) is 10.2. The monoisotopic (exact) mass is 310 g/mol. The fraction of sp³-hybridized carbons (Fsp3) is 0.273. The number of carbonyl (C=O) groups is 2. The Morgan fingerprint density at radius 1 is 1.29 bits per heavy atom. The summed E-state index contributed by atoms with van der Waals surface area (Å²) < 4.78 is 50.6. The summed E-state index contributed by atoms with van der Waals surface area (Å²) in [7, 11) is 0. The van der Waals surface area contributed by atoms with Gasteiger partial charge in [-0.1, -0.05) is 0 Å². The molecular formula is C11H10F4N2O4. The molecule has 0 spiro atoms. The van der Waals surface area contributed by atoms with Crippen LogP contribution in [-0.4, -0.2) is 34.9 Å². The molecule has 1 unspecified atom stereocenters. The average Bonchev–Trinajstić information content (AvgIpc) is 2.37. The van der Waals surface area contributed by atoms with Gasteiger partial charge in [0, 0.05) is 0 Å². The van der Waals surface area contributed by atoms with Gasteiger partial charge in [-0.3, -0.25) is 0 Å². The highest BCUT2D eigenvalue weighted by Gasteiger charge is 2.31. The molecule has 1 atom stereocenters. The maximum Gasteiger partial charge on any atom is 0.416 e. The quantitative estimate of drug-likeness (QED) is 0.632. The number of carbonyl (C=O) groups excluding carboxylic acids is 1. The van der Waals surface area contributed by atoms with Crippen molar-refractivity contribution in [3.63, 3.8) is 0 Å². The maximum atomic E-state index is 13.3. The van der Waals surface area contributed by atoms with Gasteiger partial charge in [0.2, 0.25) is 0 Å². The predicted molar refractivity (Wildman–Crippen MR) is 62.1 cm³/mol. The number of hydrogen-bond donors (Lipinski definition) is 4. The number of carboxylic acids is 1. The van der Waals surface area contributed by atoms with E-state index >= 15 is 0 Å². The molecule has 0 saturated heterocycles. The van der Waals surface area contributed by atoms with E-state index in [0.29, 0.717) is 18.2 Å². The number of rotatable bonds is 4. The summed E-state index contributed by atoms with van der Waals surface area (Å²) in [5, 5.41) is 20.9. The minimum absolute atomic E-state index is 0.391. The molecule has 0 heterocycles. The van der Waals surface area contributed by atoms with Gasteiger partial charge >= 0.3 is 18.2 Å². The SMILES string of the molecule is O=C(NCC(O)C(=O)O)Nc1cc(C(F)(F)F)ccc1F. The standard InChI is InChI=1S/C11H10F4N2O4/c12-6-2-1-5(11(13,14)15)3-7(6)17-10(21)16-4-8(18)9(19)20/h1-3,8,18H,4H2,(H,19,20)(H2,16,17,21). The summed E-state index contributed by atoms with van der Waals surface area (Å²) in [4.78, 5) is 21.6. The zero-order chi connectivity index (χ0) is 16.2. The summed E-state index contributed by atoms with van der Waals surface area (Å²) in [5.41, 5.74) is -1.89. The van der Waals surface area contributed by atoms with Gasteiger partial charge in [0.25, 0.3) is 0 Å². The van der Waals surface area contributed by atoms with Gasteiger partial charge < -0.3 is 20.8 Å². The van der Waals surface area contributed by atoms with Gasteiger partial charge in [-0.2, -0.15) is 13.2 Å². The first kappa shape index (κ1) is 16.7. The Balaban J connectivity index is 2.74. The Morgan fingerprint density at radius 2 is 1.90 bits per heavy atom. The molecule has 4 N–H and O–H groups in total. The van der Waals surface area contributed by atoms with Crippen LogP contribution in [-0.2, 0) is 11.0 Å². The van der Waals surface area contributed by atoms with E-state index in [1.54, 1.807) is 5.32 Å². The third kappa shape index (κ3) is 4.91. The molecule has 0 aliphatic rings. The molecule has 0 radical (unpaired) electrons. The minimum Gasteiger partial charge on any atom is -0.479 e. The minimum atomic E-state index is -4.71. The number of halogens is 4. The van der Waals surface area contributed by atoms with E-state index in [0.717, 1.165) is 0 Å². The van der Waals surface area contributed by atoms with Gasteiger partial charge in [0.05, 0.1) is 17.8 Å². The number of carboxylic acid groups (broad SMARTS) is 1. The molecule has 0 aliphatic heterocycles. The fourth-order valence-electron chi connectivity index (χ4n) is 1.24. The van der Waals surface area contributed by atoms with Crippen molar-refractivity contribution in [2.24, 2.45) is 0 Å². The van der Waals surface area contributed by atoms with Crippen molar-refractivity contribution in [2.75, 3.05) is 11.9 Å². The molecule has 0 aromatic heterocycles. The zero-order valence-electron chi connectivity index (χ0n) is 10.2. The smallest absolute Gasteiger partial charge is 0.416 e. The van der Waals surface area contributed by atoms with Crippen LogP contribution in [0.3, 0.4) is 0 Å². The van der Waals surface area contributed by atoms with Gasteiger partial charge in [-0.25, -0.2) is 14.0 Å². The number of amides is 2. The summed E-state index contributed by atoms with van der Waals surface area (Å²) in [6.07, 6.45) is -6.60. The van der Waals surface area contributed by atoms with Crippen molar-refractivity contribution in [2.45, 2.75) is 12.3 Å². The molecule has 10 heteroatoms. The first-order valence-corrected chi connectivity index (χ1v) is 5.43. The molecule has 21 heavy (non-hydrogen) atoms. The van der Waals surface area contributed by atoms with Crippen molar-refractivity contribution in [1.29, 1.82) is 0 Å². The number of benzene rings is 1. The molecule has 2 amide bonds. The fourth-order valence-corrected chi connectivity index (χ4v) is 1.24. The predicted octanol–water partition coefficient (Wildman–Crippen LogP) is 1.41. The van der Waals surface area contributed by atoms with Crippen LogP contribution in [0.4, 0.5) is 28.0 Å². The molecule has 116 valence electrons. The van der Waals surface area contributed by atoms with Gasteiger partial charge in [0.15, 0.2) is 6.10 Å². The van der Waals surface area contributed by atoms with E-state index < -0.39 is 47.9 Å². The highest BCUT2D eigenvalue weighted by Crippen LogP contribution is 2.31. The molecule has 0 aliphatic carbocycles. The maximum absolute atomic E-state index is 13.3. The summed E-state index contributed by atoms with van der Waals surface area (Å²) in [5.74, 6) is -2.70. The van der Waals surface area contributed by atoms with E-state index in [4.69, 9.17) is 10.2 Å². The number of aliphatic hydroxyl groups excluding tert-OH is 1. The van der Waals surface area contributed by atoms with Crippen LogP contribution in [0.5, 0.6) is 0 Å². The second-order valence-corrected chi connectivity index (χ2v) is 3.88. The topological polar surface area (TPSA) is 98.7 Å². The second kappa shape index (κ2) is 6.39. The normalized spacial score (nSPS) is 12.6. The van der Waals surface area contributed by atoms with Crippen molar-refractivity contribution >= 4 is 17.7 Å². The van der Waals surface area contributed by atoms with Crippen LogP contribution in [0.15, 0.2) is 18.2 Å². The Morgan fingerprint density at radius 3 is 2.43 bits per heavy atom. The number of alkyl halides is 3. The van der Waals surface area contributed by atoms with Gasteiger partial charge in [-0.15, -0.1) is 0 Å².